The predicted molar refractivity (Wildman–Crippen MR) is 84.0 cm³/mol. The highest BCUT2D eigenvalue weighted by atomic mass is 15.2. The monoisotopic (exact) mass is 277 g/mol. The minimum atomic E-state index is 0.287. The van der Waals surface area contributed by atoms with Gasteiger partial charge in [0.2, 0.25) is 0 Å². The molecule has 2 unspecified atom stereocenters. The average molecular weight is 277 g/mol. The number of aromatic nitrogens is 2. The number of nitrogens with zero attached hydrogens (tertiary/aromatic N) is 3. The van der Waals surface area contributed by atoms with Gasteiger partial charge in [0.25, 0.3) is 0 Å². The smallest absolute Gasteiger partial charge is 0.135 e. The van der Waals surface area contributed by atoms with Gasteiger partial charge in [-0.1, -0.05) is 13.8 Å². The number of hydrogen-bond donors (Lipinski definition) is 2. The Labute approximate surface area is 122 Å². The van der Waals surface area contributed by atoms with Crippen molar-refractivity contribution in [2.75, 3.05) is 24.6 Å². The first-order chi connectivity index (χ1) is 9.38. The van der Waals surface area contributed by atoms with E-state index in [2.05, 4.69) is 48.0 Å². The number of anilines is 2. The number of nitrogens with one attached hydrogen (secondary N) is 1. The van der Waals surface area contributed by atoms with Crippen LogP contribution in [0.15, 0.2) is 0 Å². The van der Waals surface area contributed by atoms with Crippen molar-refractivity contribution >= 4 is 11.6 Å². The molecular formula is C15H27N5. The van der Waals surface area contributed by atoms with Crippen molar-refractivity contribution in [3.63, 3.8) is 0 Å². The Kier molecular flexibility index (Phi) is 4.48. The number of nitrogen functional groups attached to an aromatic ring is 1. The van der Waals surface area contributed by atoms with Crippen molar-refractivity contribution in [2.45, 2.75) is 58.5 Å². The summed E-state index contributed by atoms with van der Waals surface area (Å²) in [5, 5.41) is 3.58. The van der Waals surface area contributed by atoms with Crippen LogP contribution in [0.3, 0.4) is 0 Å². The van der Waals surface area contributed by atoms with Gasteiger partial charge < -0.3 is 16.0 Å². The fourth-order valence-corrected chi connectivity index (χ4v) is 2.56. The van der Waals surface area contributed by atoms with Gasteiger partial charge >= 0.3 is 0 Å². The van der Waals surface area contributed by atoms with Crippen LogP contribution in [0.5, 0.6) is 0 Å². The number of hydrogen-bond acceptors (Lipinski definition) is 5. The van der Waals surface area contributed by atoms with E-state index in [1.54, 1.807) is 0 Å². The molecule has 2 heterocycles. The van der Waals surface area contributed by atoms with Crippen molar-refractivity contribution in [3.8, 4) is 0 Å². The van der Waals surface area contributed by atoms with E-state index < -0.39 is 0 Å². The number of nitrogens with two attached hydrogens (primary N) is 1. The zero-order valence-corrected chi connectivity index (χ0v) is 13.3. The van der Waals surface area contributed by atoms with Crippen LogP contribution in [-0.4, -0.2) is 40.5 Å². The summed E-state index contributed by atoms with van der Waals surface area (Å²) in [5.41, 5.74) is 6.97. The van der Waals surface area contributed by atoms with E-state index in [0.29, 0.717) is 17.9 Å². The minimum Gasteiger partial charge on any atom is -0.383 e. The standard InChI is InChI=1S/C15H27N5/c1-9(2)14-18-13(16)11(4)15(19-14)17-12-6-7-20(5)10(3)8-12/h9-10,12H,6-8H2,1-5H3,(H3,16,17,18,19). The molecule has 3 N–H and O–H groups in total. The Morgan fingerprint density at radius 3 is 2.65 bits per heavy atom. The zero-order chi connectivity index (χ0) is 14.9. The van der Waals surface area contributed by atoms with Crippen LogP contribution in [0.2, 0.25) is 0 Å². The minimum absolute atomic E-state index is 0.287. The number of likely N-dealkylation sites (tertiary alicyclic amines) is 1. The highest BCUT2D eigenvalue weighted by Gasteiger charge is 2.24. The molecule has 0 radical (unpaired) electrons. The van der Waals surface area contributed by atoms with Crippen molar-refractivity contribution in [3.05, 3.63) is 11.4 Å². The van der Waals surface area contributed by atoms with Gasteiger partial charge in [0.1, 0.15) is 17.5 Å². The van der Waals surface area contributed by atoms with Crippen molar-refractivity contribution in [2.24, 2.45) is 0 Å². The van der Waals surface area contributed by atoms with E-state index in [1.807, 2.05) is 6.92 Å². The Hall–Kier alpha value is -1.36. The van der Waals surface area contributed by atoms with Crippen LogP contribution in [0, 0.1) is 6.92 Å². The van der Waals surface area contributed by atoms with Crippen LogP contribution in [0.25, 0.3) is 0 Å². The number of rotatable bonds is 3. The molecule has 1 saturated heterocycles. The lowest BCUT2D eigenvalue weighted by Gasteiger charge is -2.35. The highest BCUT2D eigenvalue weighted by Crippen LogP contribution is 2.24. The van der Waals surface area contributed by atoms with Crippen LogP contribution >= 0.6 is 0 Å². The third-order valence-electron chi connectivity index (χ3n) is 4.27. The lowest BCUT2D eigenvalue weighted by Crippen LogP contribution is -2.42. The van der Waals surface area contributed by atoms with Crippen molar-refractivity contribution in [1.82, 2.24) is 14.9 Å². The first-order valence-corrected chi connectivity index (χ1v) is 7.49. The highest BCUT2D eigenvalue weighted by molar-refractivity contribution is 5.55. The molecular weight excluding hydrogens is 250 g/mol. The second-order valence-corrected chi connectivity index (χ2v) is 6.29. The van der Waals surface area contributed by atoms with Gasteiger partial charge in [-0.05, 0) is 33.7 Å². The topological polar surface area (TPSA) is 67.1 Å². The predicted octanol–water partition coefficient (Wildman–Crippen LogP) is 2.39. The van der Waals surface area contributed by atoms with Crippen molar-refractivity contribution in [1.29, 1.82) is 0 Å². The molecule has 1 aliphatic heterocycles. The van der Waals surface area contributed by atoms with E-state index in [4.69, 9.17) is 5.73 Å². The summed E-state index contributed by atoms with van der Waals surface area (Å²) in [6.07, 6.45) is 2.28. The molecule has 5 heteroatoms. The first-order valence-electron chi connectivity index (χ1n) is 7.49. The Bertz CT molecular complexity index is 472. The van der Waals surface area contributed by atoms with Gasteiger partial charge in [-0.25, -0.2) is 9.97 Å². The Morgan fingerprint density at radius 1 is 1.35 bits per heavy atom. The maximum absolute atomic E-state index is 6.01. The van der Waals surface area contributed by atoms with Gasteiger partial charge in [0, 0.05) is 30.1 Å². The maximum Gasteiger partial charge on any atom is 0.135 e. The Balaban J connectivity index is 2.16. The van der Waals surface area contributed by atoms with E-state index in [0.717, 1.165) is 36.6 Å². The fourth-order valence-electron chi connectivity index (χ4n) is 2.56. The molecule has 2 atom stereocenters. The van der Waals surface area contributed by atoms with Crippen LogP contribution in [0.4, 0.5) is 11.6 Å². The molecule has 2 rings (SSSR count). The van der Waals surface area contributed by atoms with Gasteiger partial charge in [0.05, 0.1) is 0 Å². The third kappa shape index (κ3) is 3.20. The van der Waals surface area contributed by atoms with Gasteiger partial charge in [-0.3, -0.25) is 0 Å². The van der Waals surface area contributed by atoms with Gasteiger partial charge in [-0.15, -0.1) is 0 Å². The quantitative estimate of drug-likeness (QED) is 0.888. The second kappa shape index (κ2) is 5.95. The molecule has 0 bridgehead atoms. The molecule has 0 amide bonds. The van der Waals surface area contributed by atoms with Crippen LogP contribution in [-0.2, 0) is 0 Å². The molecule has 0 saturated carbocycles. The van der Waals surface area contributed by atoms with Gasteiger partial charge in [0.15, 0.2) is 0 Å². The van der Waals surface area contributed by atoms with E-state index in [1.165, 1.54) is 0 Å². The summed E-state index contributed by atoms with van der Waals surface area (Å²) in [6.45, 7) is 9.56. The van der Waals surface area contributed by atoms with Crippen LogP contribution in [0.1, 0.15) is 50.9 Å². The molecule has 1 fully saturated rings. The Morgan fingerprint density at radius 2 is 2.05 bits per heavy atom. The number of piperidine rings is 1. The molecule has 112 valence electrons. The summed E-state index contributed by atoms with van der Waals surface area (Å²) in [5.74, 6) is 2.60. The molecule has 1 aromatic heterocycles. The molecule has 5 nitrogen and oxygen atoms in total. The summed E-state index contributed by atoms with van der Waals surface area (Å²) in [4.78, 5) is 11.4. The molecule has 20 heavy (non-hydrogen) atoms. The summed E-state index contributed by atoms with van der Waals surface area (Å²) in [7, 11) is 2.19. The summed E-state index contributed by atoms with van der Waals surface area (Å²) in [6, 6.07) is 1.07. The third-order valence-corrected chi connectivity index (χ3v) is 4.27. The molecule has 0 aromatic carbocycles. The van der Waals surface area contributed by atoms with Crippen molar-refractivity contribution < 1.29 is 0 Å². The van der Waals surface area contributed by atoms with Crippen LogP contribution < -0.4 is 11.1 Å². The van der Waals surface area contributed by atoms with E-state index in [-0.39, 0.29) is 5.92 Å². The second-order valence-electron chi connectivity index (χ2n) is 6.29. The largest absolute Gasteiger partial charge is 0.383 e. The average Bonchev–Trinajstić information content (AvgIpc) is 2.38. The lowest BCUT2D eigenvalue weighted by molar-refractivity contribution is 0.190. The zero-order valence-electron chi connectivity index (χ0n) is 13.3. The lowest BCUT2D eigenvalue weighted by atomic mass is 9.99. The SMILES string of the molecule is Cc1c(N)nc(C(C)C)nc1NC1CCN(C)C(C)C1. The molecule has 0 aliphatic carbocycles. The normalized spacial score (nSPS) is 24.1. The molecule has 1 aromatic rings. The van der Waals surface area contributed by atoms with E-state index >= 15 is 0 Å². The fraction of sp³-hybridized carbons (Fsp3) is 0.733. The van der Waals surface area contributed by atoms with E-state index in [9.17, 15) is 0 Å². The summed E-state index contributed by atoms with van der Waals surface area (Å²) >= 11 is 0. The maximum atomic E-state index is 6.01. The molecule has 0 spiro atoms. The first kappa shape index (κ1) is 15.0. The van der Waals surface area contributed by atoms with Gasteiger partial charge in [-0.2, -0.15) is 0 Å². The molecule has 1 aliphatic rings. The summed E-state index contributed by atoms with van der Waals surface area (Å²) < 4.78 is 0.